The van der Waals surface area contributed by atoms with Crippen molar-refractivity contribution in [3.63, 3.8) is 0 Å². The number of nitrogens with one attached hydrogen (secondary N) is 1. The Kier molecular flexibility index (Phi) is 5.73. The molecule has 0 bridgehead atoms. The summed E-state index contributed by atoms with van der Waals surface area (Å²) in [7, 11) is 0. The second-order valence-electron chi connectivity index (χ2n) is 4.27. The van der Waals surface area contributed by atoms with Crippen LogP contribution in [0.3, 0.4) is 0 Å². The van der Waals surface area contributed by atoms with E-state index >= 15 is 0 Å². The molecule has 1 unspecified atom stereocenters. The maximum atomic E-state index is 11.8. The van der Waals surface area contributed by atoms with E-state index in [0.717, 1.165) is 0 Å². The maximum Gasteiger partial charge on any atom is 0.326 e. The second-order valence-corrected chi connectivity index (χ2v) is 4.27. The van der Waals surface area contributed by atoms with Crippen LogP contribution >= 0.6 is 0 Å². The number of carboxylic acid groups (broad SMARTS) is 1. The monoisotopic (exact) mass is 263 g/mol. The molecule has 0 saturated carbocycles. The molecule has 0 aliphatic rings. The van der Waals surface area contributed by atoms with Gasteiger partial charge in [0.25, 0.3) is 0 Å². The number of carbonyl (C=O) groups is 3. The second kappa shape index (κ2) is 7.31. The van der Waals surface area contributed by atoms with Crippen molar-refractivity contribution in [2.45, 2.75) is 32.2 Å². The molecule has 0 fully saturated rings. The number of benzene rings is 1. The predicted molar refractivity (Wildman–Crippen MR) is 69.9 cm³/mol. The summed E-state index contributed by atoms with van der Waals surface area (Å²) in [5.74, 6) is -1.49. The van der Waals surface area contributed by atoms with Gasteiger partial charge in [-0.3, -0.25) is 9.59 Å². The van der Waals surface area contributed by atoms with Crippen molar-refractivity contribution in [3.05, 3.63) is 35.9 Å². The number of hydrogen-bond donors (Lipinski definition) is 2. The summed E-state index contributed by atoms with van der Waals surface area (Å²) in [6, 6.07) is 7.92. The predicted octanol–water partition coefficient (Wildman–Crippen LogP) is 1.63. The number of Topliss-reactive ketones (excluding diaryl/α,β-unsaturated/α-hetero) is 1. The van der Waals surface area contributed by atoms with Crippen LogP contribution in [0.25, 0.3) is 0 Å². The Morgan fingerprint density at radius 2 is 1.84 bits per heavy atom. The molecule has 0 aliphatic heterocycles. The minimum Gasteiger partial charge on any atom is -0.480 e. The van der Waals surface area contributed by atoms with Gasteiger partial charge < -0.3 is 10.4 Å². The van der Waals surface area contributed by atoms with Gasteiger partial charge in [-0.15, -0.1) is 0 Å². The number of aliphatic carboxylic acids is 1. The van der Waals surface area contributed by atoms with Crippen LogP contribution in [-0.2, 0) is 9.59 Å². The summed E-state index contributed by atoms with van der Waals surface area (Å²) < 4.78 is 0. The van der Waals surface area contributed by atoms with Crippen LogP contribution in [0.5, 0.6) is 0 Å². The van der Waals surface area contributed by atoms with Gasteiger partial charge in [-0.2, -0.15) is 0 Å². The number of carboxylic acids is 1. The van der Waals surface area contributed by atoms with Gasteiger partial charge in [0.1, 0.15) is 6.04 Å². The standard InChI is InChI=1S/C14H17NO4/c1-10(16)15-12(14(18)19)8-5-9-13(17)11-6-3-2-4-7-11/h2-4,6-7,12H,5,8-9H2,1H3,(H,15,16)(H,18,19). The highest BCUT2D eigenvalue weighted by molar-refractivity contribution is 5.96. The number of rotatable bonds is 7. The van der Waals surface area contributed by atoms with E-state index in [1.807, 2.05) is 6.07 Å². The van der Waals surface area contributed by atoms with Crippen molar-refractivity contribution in [3.8, 4) is 0 Å². The largest absolute Gasteiger partial charge is 0.480 e. The summed E-state index contributed by atoms with van der Waals surface area (Å²) in [6.45, 7) is 1.27. The van der Waals surface area contributed by atoms with E-state index in [1.165, 1.54) is 6.92 Å². The molecule has 0 heterocycles. The smallest absolute Gasteiger partial charge is 0.326 e. The Balaban J connectivity index is 2.42. The van der Waals surface area contributed by atoms with Gasteiger partial charge in [0.2, 0.25) is 5.91 Å². The number of ketones is 1. The van der Waals surface area contributed by atoms with E-state index in [4.69, 9.17) is 5.11 Å². The minimum atomic E-state index is -1.08. The molecule has 1 aromatic carbocycles. The van der Waals surface area contributed by atoms with Gasteiger partial charge in [-0.1, -0.05) is 30.3 Å². The van der Waals surface area contributed by atoms with Gasteiger partial charge in [0.05, 0.1) is 0 Å². The Hall–Kier alpha value is -2.17. The van der Waals surface area contributed by atoms with Crippen molar-refractivity contribution in [2.75, 3.05) is 0 Å². The highest BCUT2D eigenvalue weighted by Crippen LogP contribution is 2.08. The molecule has 0 aliphatic carbocycles. The molecule has 19 heavy (non-hydrogen) atoms. The summed E-state index contributed by atoms with van der Waals surface area (Å²) in [5, 5.41) is 11.2. The van der Waals surface area contributed by atoms with Crippen molar-refractivity contribution >= 4 is 17.7 Å². The van der Waals surface area contributed by atoms with Gasteiger partial charge in [0, 0.05) is 18.9 Å². The topological polar surface area (TPSA) is 83.5 Å². The van der Waals surface area contributed by atoms with Crippen LogP contribution < -0.4 is 5.32 Å². The Bertz CT molecular complexity index is 456. The molecule has 0 aromatic heterocycles. The lowest BCUT2D eigenvalue weighted by atomic mass is 10.0. The molecule has 2 N–H and O–H groups in total. The summed E-state index contributed by atoms with van der Waals surface area (Å²) in [4.78, 5) is 33.5. The fourth-order valence-corrected chi connectivity index (χ4v) is 1.74. The van der Waals surface area contributed by atoms with E-state index in [-0.39, 0.29) is 24.5 Å². The SMILES string of the molecule is CC(=O)NC(CCCC(=O)c1ccccc1)C(=O)O. The number of amides is 1. The molecular weight excluding hydrogens is 246 g/mol. The lowest BCUT2D eigenvalue weighted by molar-refractivity contribution is -0.141. The average Bonchev–Trinajstić information content (AvgIpc) is 2.37. The third-order valence-corrected chi connectivity index (χ3v) is 2.67. The fraction of sp³-hybridized carbons (Fsp3) is 0.357. The zero-order chi connectivity index (χ0) is 14.3. The molecule has 1 amide bonds. The van der Waals surface area contributed by atoms with Crippen molar-refractivity contribution < 1.29 is 19.5 Å². The first-order valence-corrected chi connectivity index (χ1v) is 6.09. The highest BCUT2D eigenvalue weighted by atomic mass is 16.4. The third-order valence-electron chi connectivity index (χ3n) is 2.67. The fourth-order valence-electron chi connectivity index (χ4n) is 1.74. The van der Waals surface area contributed by atoms with E-state index in [1.54, 1.807) is 24.3 Å². The Morgan fingerprint density at radius 1 is 1.21 bits per heavy atom. The van der Waals surface area contributed by atoms with Crippen LogP contribution in [0.2, 0.25) is 0 Å². The van der Waals surface area contributed by atoms with Crippen molar-refractivity contribution in [2.24, 2.45) is 0 Å². The average molecular weight is 263 g/mol. The summed E-state index contributed by atoms with van der Waals surface area (Å²) >= 11 is 0. The van der Waals surface area contributed by atoms with Gasteiger partial charge in [-0.05, 0) is 12.8 Å². The zero-order valence-corrected chi connectivity index (χ0v) is 10.8. The molecule has 0 radical (unpaired) electrons. The first-order valence-electron chi connectivity index (χ1n) is 6.09. The van der Waals surface area contributed by atoms with Crippen LogP contribution in [-0.4, -0.2) is 28.8 Å². The molecule has 1 atom stereocenters. The first kappa shape index (κ1) is 14.9. The molecule has 0 saturated heterocycles. The van der Waals surface area contributed by atoms with E-state index < -0.39 is 12.0 Å². The number of carbonyl (C=O) groups excluding carboxylic acids is 2. The lowest BCUT2D eigenvalue weighted by Crippen LogP contribution is -2.39. The summed E-state index contributed by atoms with van der Waals surface area (Å²) in [6.07, 6.45) is 0.936. The van der Waals surface area contributed by atoms with Crippen LogP contribution in [0.15, 0.2) is 30.3 Å². The maximum absolute atomic E-state index is 11.8. The molecule has 1 rings (SSSR count). The lowest BCUT2D eigenvalue weighted by Gasteiger charge is -2.12. The van der Waals surface area contributed by atoms with Crippen LogP contribution in [0, 0.1) is 0 Å². The Morgan fingerprint density at radius 3 is 2.37 bits per heavy atom. The van der Waals surface area contributed by atoms with Crippen molar-refractivity contribution in [1.29, 1.82) is 0 Å². The molecule has 5 heteroatoms. The Labute approximate surface area is 111 Å². The molecular formula is C14H17NO4. The minimum absolute atomic E-state index is 0.0208. The van der Waals surface area contributed by atoms with E-state index in [0.29, 0.717) is 12.0 Å². The third kappa shape index (κ3) is 5.33. The molecule has 102 valence electrons. The molecule has 1 aromatic rings. The van der Waals surface area contributed by atoms with Crippen molar-refractivity contribution in [1.82, 2.24) is 5.32 Å². The van der Waals surface area contributed by atoms with Gasteiger partial charge >= 0.3 is 5.97 Å². The van der Waals surface area contributed by atoms with Gasteiger partial charge in [0.15, 0.2) is 5.78 Å². The normalized spacial score (nSPS) is 11.6. The van der Waals surface area contributed by atoms with Crippen LogP contribution in [0.1, 0.15) is 36.5 Å². The molecule has 5 nitrogen and oxygen atoms in total. The quantitative estimate of drug-likeness (QED) is 0.732. The molecule has 0 spiro atoms. The summed E-state index contributed by atoms with van der Waals surface area (Å²) in [5.41, 5.74) is 0.619. The van der Waals surface area contributed by atoms with E-state index in [2.05, 4.69) is 5.32 Å². The highest BCUT2D eigenvalue weighted by Gasteiger charge is 2.18. The van der Waals surface area contributed by atoms with E-state index in [9.17, 15) is 14.4 Å². The van der Waals surface area contributed by atoms with Crippen LogP contribution in [0.4, 0.5) is 0 Å². The first-order chi connectivity index (χ1) is 9.00. The number of hydrogen-bond acceptors (Lipinski definition) is 3. The van der Waals surface area contributed by atoms with Gasteiger partial charge in [-0.25, -0.2) is 4.79 Å². The zero-order valence-electron chi connectivity index (χ0n) is 10.8.